The van der Waals surface area contributed by atoms with Crippen LogP contribution in [0.25, 0.3) is 0 Å². The molecule has 2 fully saturated rings. The van der Waals surface area contributed by atoms with Crippen LogP contribution in [0, 0.1) is 11.8 Å². The lowest BCUT2D eigenvalue weighted by Gasteiger charge is -2.37. The fraction of sp³-hybridized carbons (Fsp3) is 0.731. The van der Waals surface area contributed by atoms with Gasteiger partial charge in [-0.1, -0.05) is 37.6 Å². The first kappa shape index (κ1) is 24.9. The molecule has 4 heterocycles. The number of carbonyl (C=O) groups is 3. The zero-order valence-corrected chi connectivity index (χ0v) is 20.4. The Labute approximate surface area is 201 Å². The molecular weight excluding hydrogens is 436 g/mol. The van der Waals surface area contributed by atoms with Crippen LogP contribution in [0.5, 0.6) is 0 Å². The molecule has 5 atom stereocenters. The third-order valence-electron chi connectivity index (χ3n) is 7.67. The lowest BCUT2D eigenvalue weighted by atomic mass is 9.74. The van der Waals surface area contributed by atoms with E-state index >= 15 is 0 Å². The van der Waals surface area contributed by atoms with Crippen molar-refractivity contribution in [1.82, 2.24) is 9.80 Å². The highest BCUT2D eigenvalue weighted by Crippen LogP contribution is 2.57. The van der Waals surface area contributed by atoms with Gasteiger partial charge in [0.15, 0.2) is 0 Å². The van der Waals surface area contributed by atoms with Gasteiger partial charge in [-0.2, -0.15) is 0 Å². The summed E-state index contributed by atoms with van der Waals surface area (Å²) in [4.78, 5) is 44.7. The molecule has 0 aromatic heterocycles. The maximum Gasteiger partial charge on any atom is 0.313 e. The molecule has 4 aliphatic heterocycles. The van der Waals surface area contributed by atoms with Crippen molar-refractivity contribution in [1.29, 1.82) is 0 Å². The molecular formula is C26H38N2O6. The van der Waals surface area contributed by atoms with Crippen LogP contribution in [0.15, 0.2) is 24.3 Å². The van der Waals surface area contributed by atoms with Gasteiger partial charge in [0.1, 0.15) is 17.6 Å². The lowest BCUT2D eigenvalue weighted by molar-refractivity contribution is -0.159. The van der Waals surface area contributed by atoms with Crippen molar-refractivity contribution in [2.75, 3.05) is 32.8 Å². The molecule has 0 aromatic rings. The molecule has 0 bridgehead atoms. The molecule has 4 aliphatic rings. The maximum atomic E-state index is 14.0. The van der Waals surface area contributed by atoms with Crippen molar-refractivity contribution >= 4 is 17.8 Å². The number of hydrogen-bond acceptors (Lipinski definition) is 6. The maximum absolute atomic E-state index is 14.0. The Bertz CT molecular complexity index is 856. The minimum atomic E-state index is -1.21. The smallest absolute Gasteiger partial charge is 0.313 e. The minimum absolute atomic E-state index is 0.0954. The molecule has 1 N–H and O–H groups in total. The average molecular weight is 475 g/mol. The first-order valence-corrected chi connectivity index (χ1v) is 12.8. The van der Waals surface area contributed by atoms with Crippen LogP contribution in [-0.4, -0.2) is 82.8 Å². The summed E-state index contributed by atoms with van der Waals surface area (Å²) in [6.45, 7) is 5.78. The van der Waals surface area contributed by atoms with E-state index in [4.69, 9.17) is 14.6 Å². The van der Waals surface area contributed by atoms with E-state index in [9.17, 15) is 14.4 Å². The van der Waals surface area contributed by atoms with Crippen molar-refractivity contribution < 1.29 is 29.0 Å². The number of rotatable bonds is 8. The zero-order chi connectivity index (χ0) is 24.3. The highest BCUT2D eigenvalue weighted by molar-refractivity contribution is 5.99. The van der Waals surface area contributed by atoms with Gasteiger partial charge < -0.3 is 24.4 Å². The highest BCUT2D eigenvalue weighted by atomic mass is 16.6. The average Bonchev–Trinajstić information content (AvgIpc) is 3.16. The quantitative estimate of drug-likeness (QED) is 0.329. The van der Waals surface area contributed by atoms with Crippen LogP contribution in [0.4, 0.5) is 0 Å². The second-order valence-corrected chi connectivity index (χ2v) is 10.1. The molecule has 188 valence electrons. The fourth-order valence-electron chi connectivity index (χ4n) is 6.04. The number of cyclic esters (lactones) is 1. The van der Waals surface area contributed by atoms with E-state index in [-0.39, 0.29) is 18.4 Å². The fourth-order valence-corrected chi connectivity index (χ4v) is 6.04. The standard InChI is InChI=1S/C26H38N2O6/c1-3-4-14-27-15-11-13-26-19(20-24(32)33-18-10-5-7-12-25(20,2)34-26)22(30)28(21(26)23(27)31)16-8-6-9-17-29/h7,11-13,19-21,29H,3-6,8-10,14-18H2,1-2H3/b12-7-/t19-,20-,21?,25+,26-/m0/s1. The molecule has 0 aliphatic carbocycles. The van der Waals surface area contributed by atoms with Crippen LogP contribution in [0.2, 0.25) is 0 Å². The highest BCUT2D eigenvalue weighted by Gasteiger charge is 2.74. The van der Waals surface area contributed by atoms with E-state index in [1.807, 2.05) is 31.2 Å². The second-order valence-electron chi connectivity index (χ2n) is 10.1. The Kier molecular flexibility index (Phi) is 7.48. The first-order chi connectivity index (χ1) is 16.4. The van der Waals surface area contributed by atoms with Gasteiger partial charge in [-0.15, -0.1) is 0 Å². The predicted molar refractivity (Wildman–Crippen MR) is 126 cm³/mol. The minimum Gasteiger partial charge on any atom is -0.465 e. The van der Waals surface area contributed by atoms with Crippen LogP contribution < -0.4 is 0 Å². The summed E-state index contributed by atoms with van der Waals surface area (Å²) in [5.41, 5.74) is -2.25. The summed E-state index contributed by atoms with van der Waals surface area (Å²) in [5, 5.41) is 9.16. The van der Waals surface area contributed by atoms with Gasteiger partial charge in [-0.25, -0.2) is 0 Å². The van der Waals surface area contributed by atoms with Gasteiger partial charge in [0.2, 0.25) is 11.8 Å². The number of hydrogen-bond donors (Lipinski definition) is 1. The van der Waals surface area contributed by atoms with Gasteiger partial charge >= 0.3 is 5.97 Å². The number of unbranched alkanes of at least 4 members (excludes halogenated alkanes) is 3. The van der Waals surface area contributed by atoms with Crippen molar-refractivity contribution in [2.45, 2.75) is 76.0 Å². The van der Waals surface area contributed by atoms with Crippen LogP contribution in [-0.2, 0) is 23.9 Å². The largest absolute Gasteiger partial charge is 0.465 e. The number of esters is 1. The summed E-state index contributed by atoms with van der Waals surface area (Å²) in [6.07, 6.45) is 13.1. The van der Waals surface area contributed by atoms with Crippen molar-refractivity contribution in [3.63, 3.8) is 0 Å². The van der Waals surface area contributed by atoms with E-state index in [1.165, 1.54) is 0 Å². The van der Waals surface area contributed by atoms with Crippen LogP contribution in [0.3, 0.4) is 0 Å². The van der Waals surface area contributed by atoms with E-state index in [0.717, 1.165) is 32.1 Å². The summed E-state index contributed by atoms with van der Waals surface area (Å²) >= 11 is 0. The molecule has 4 rings (SSSR count). The van der Waals surface area contributed by atoms with Gasteiger partial charge in [0.25, 0.3) is 0 Å². The molecule has 1 unspecified atom stereocenters. The molecule has 0 radical (unpaired) electrons. The topological polar surface area (TPSA) is 96.4 Å². The van der Waals surface area contributed by atoms with Crippen LogP contribution in [0.1, 0.15) is 58.8 Å². The third kappa shape index (κ3) is 4.19. The summed E-state index contributed by atoms with van der Waals surface area (Å²) in [7, 11) is 0. The number of amides is 2. The summed E-state index contributed by atoms with van der Waals surface area (Å²) in [5.74, 6) is -2.41. The van der Waals surface area contributed by atoms with Gasteiger partial charge in [0, 0.05) is 26.2 Å². The molecule has 1 spiro atoms. The Morgan fingerprint density at radius 2 is 1.85 bits per heavy atom. The number of allylic oxidation sites excluding steroid dienone is 1. The summed E-state index contributed by atoms with van der Waals surface area (Å²) < 4.78 is 12.3. The van der Waals surface area contributed by atoms with E-state index < -0.39 is 35.0 Å². The SMILES string of the molecule is CCCCN1CC=C[C@]23O[C@]4(C)/C=C\CCCOC(=O)[C@@H]4[C@H]2C(=O)N(CCCCCO)C3C1=O. The Balaban J connectivity index is 1.76. The first-order valence-electron chi connectivity index (χ1n) is 12.8. The number of ether oxygens (including phenoxy) is 2. The van der Waals surface area contributed by atoms with Crippen molar-refractivity contribution in [2.24, 2.45) is 11.8 Å². The third-order valence-corrected chi connectivity index (χ3v) is 7.67. The van der Waals surface area contributed by atoms with Crippen molar-refractivity contribution in [3.8, 4) is 0 Å². The monoisotopic (exact) mass is 474 g/mol. The van der Waals surface area contributed by atoms with E-state index in [0.29, 0.717) is 39.1 Å². The molecule has 8 heteroatoms. The second kappa shape index (κ2) is 10.2. The number of carbonyl (C=O) groups excluding carboxylic acids is 3. The number of aliphatic hydroxyl groups excluding tert-OH is 1. The van der Waals surface area contributed by atoms with Crippen molar-refractivity contribution in [3.05, 3.63) is 24.3 Å². The predicted octanol–water partition coefficient (Wildman–Crippen LogP) is 2.21. The molecule has 0 saturated carbocycles. The Hall–Kier alpha value is -2.19. The lowest BCUT2D eigenvalue weighted by Crippen LogP contribution is -2.56. The normalized spacial score (nSPS) is 36.2. The van der Waals surface area contributed by atoms with Gasteiger partial charge in [-0.05, 0) is 45.4 Å². The van der Waals surface area contributed by atoms with Gasteiger partial charge in [0.05, 0.1) is 18.1 Å². The van der Waals surface area contributed by atoms with E-state index in [1.54, 1.807) is 9.80 Å². The summed E-state index contributed by atoms with van der Waals surface area (Å²) in [6, 6.07) is -0.816. The number of nitrogens with zero attached hydrogens (tertiary/aromatic N) is 2. The zero-order valence-electron chi connectivity index (χ0n) is 20.4. The molecule has 2 saturated heterocycles. The van der Waals surface area contributed by atoms with Gasteiger partial charge in [-0.3, -0.25) is 14.4 Å². The van der Waals surface area contributed by atoms with E-state index in [2.05, 4.69) is 6.92 Å². The number of aliphatic hydroxyl groups is 1. The Morgan fingerprint density at radius 3 is 2.62 bits per heavy atom. The molecule has 2 amide bonds. The number of fused-ring (bicyclic) bond motifs is 2. The molecule has 0 aromatic carbocycles. The molecule has 34 heavy (non-hydrogen) atoms. The number of likely N-dealkylation sites (tertiary alicyclic amines) is 1. The molecule has 8 nitrogen and oxygen atoms in total. The Morgan fingerprint density at radius 1 is 1.03 bits per heavy atom. The van der Waals surface area contributed by atoms with Crippen LogP contribution >= 0.6 is 0 Å².